The maximum atomic E-state index is 12.6. The smallest absolute Gasteiger partial charge is 0.202 e. The quantitative estimate of drug-likeness (QED) is 0.412. The van der Waals surface area contributed by atoms with Gasteiger partial charge in [-0.25, -0.2) is 0 Å². The summed E-state index contributed by atoms with van der Waals surface area (Å²) >= 11 is 0. The van der Waals surface area contributed by atoms with Crippen molar-refractivity contribution in [1.82, 2.24) is 5.32 Å². The Bertz CT molecular complexity index is 633. The highest BCUT2D eigenvalue weighted by Crippen LogP contribution is 2.33. The number of carbonyl (C=O) groups excluding carboxylic acids is 1. The summed E-state index contributed by atoms with van der Waals surface area (Å²) in [6.07, 6.45) is 13.3. The van der Waals surface area contributed by atoms with Crippen molar-refractivity contribution in [2.45, 2.75) is 80.1 Å². The van der Waals surface area contributed by atoms with Crippen LogP contribution in [0.25, 0.3) is 0 Å². The van der Waals surface area contributed by atoms with Crippen LogP contribution in [0, 0.1) is 11.8 Å². The van der Waals surface area contributed by atoms with Crippen LogP contribution in [0.5, 0.6) is 0 Å². The molecule has 2 atom stereocenters. The highest BCUT2D eigenvalue weighted by atomic mass is 16.5. The second-order valence-corrected chi connectivity index (χ2v) is 8.35. The zero-order valence-corrected chi connectivity index (χ0v) is 19.2. The van der Waals surface area contributed by atoms with Crippen molar-refractivity contribution in [3.63, 3.8) is 0 Å². The molecule has 0 bridgehead atoms. The van der Waals surface area contributed by atoms with Crippen molar-refractivity contribution in [2.24, 2.45) is 11.8 Å². The molecule has 3 heteroatoms. The van der Waals surface area contributed by atoms with E-state index in [-0.39, 0.29) is 11.7 Å². The molecule has 1 unspecified atom stereocenters. The molecule has 0 fully saturated rings. The van der Waals surface area contributed by atoms with E-state index in [2.05, 4.69) is 58.2 Å². The molecule has 1 aliphatic rings. The lowest BCUT2D eigenvalue weighted by Gasteiger charge is -2.30. The van der Waals surface area contributed by atoms with Crippen LogP contribution in [0.15, 0.2) is 46.4 Å². The first-order chi connectivity index (χ1) is 13.3. The van der Waals surface area contributed by atoms with Gasteiger partial charge < -0.3 is 10.1 Å². The van der Waals surface area contributed by atoms with Gasteiger partial charge in [-0.3, -0.25) is 4.79 Å². The molecule has 0 saturated heterocycles. The summed E-state index contributed by atoms with van der Waals surface area (Å²) in [5.41, 5.74) is 5.26. The van der Waals surface area contributed by atoms with E-state index in [0.29, 0.717) is 11.7 Å². The Hall–Kier alpha value is -1.77. The molecule has 3 nitrogen and oxygen atoms in total. The van der Waals surface area contributed by atoms with Crippen LogP contribution >= 0.6 is 0 Å². The molecule has 0 amide bonds. The van der Waals surface area contributed by atoms with Crippen molar-refractivity contribution in [2.75, 3.05) is 13.7 Å². The Morgan fingerprint density at radius 3 is 2.25 bits per heavy atom. The van der Waals surface area contributed by atoms with Gasteiger partial charge in [-0.05, 0) is 79.1 Å². The molecule has 158 valence electrons. The van der Waals surface area contributed by atoms with Crippen LogP contribution in [0.2, 0.25) is 0 Å². The van der Waals surface area contributed by atoms with E-state index < -0.39 is 0 Å². The van der Waals surface area contributed by atoms with Crippen molar-refractivity contribution in [1.29, 1.82) is 0 Å². The number of rotatable bonds is 11. The predicted molar refractivity (Wildman–Crippen MR) is 120 cm³/mol. The monoisotopic (exact) mass is 387 g/mol. The molecule has 0 radical (unpaired) electrons. The second kappa shape index (κ2) is 12.6. The fourth-order valence-corrected chi connectivity index (χ4v) is 3.67. The van der Waals surface area contributed by atoms with E-state index in [4.69, 9.17) is 4.74 Å². The van der Waals surface area contributed by atoms with Crippen LogP contribution < -0.4 is 5.32 Å². The zero-order valence-electron chi connectivity index (χ0n) is 19.2. The number of ether oxygens (including phenoxy) is 1. The van der Waals surface area contributed by atoms with E-state index in [0.717, 1.165) is 50.8 Å². The predicted octanol–water partition coefficient (Wildman–Crippen LogP) is 6.49. The summed E-state index contributed by atoms with van der Waals surface area (Å²) in [5, 5.41) is 3.33. The van der Waals surface area contributed by atoms with Crippen molar-refractivity contribution in [3.05, 3.63) is 46.4 Å². The third kappa shape index (κ3) is 8.08. The second-order valence-electron chi connectivity index (χ2n) is 8.35. The third-order valence-corrected chi connectivity index (χ3v) is 5.57. The lowest BCUT2D eigenvalue weighted by Crippen LogP contribution is -2.33. The van der Waals surface area contributed by atoms with Gasteiger partial charge in [-0.1, -0.05) is 41.9 Å². The van der Waals surface area contributed by atoms with E-state index >= 15 is 0 Å². The topological polar surface area (TPSA) is 38.3 Å². The highest BCUT2D eigenvalue weighted by molar-refractivity contribution is 5.96. The Labute approximate surface area is 173 Å². The van der Waals surface area contributed by atoms with Crippen molar-refractivity contribution < 1.29 is 9.53 Å². The van der Waals surface area contributed by atoms with Crippen LogP contribution in [0.3, 0.4) is 0 Å². The number of hydrogen-bond acceptors (Lipinski definition) is 3. The van der Waals surface area contributed by atoms with Gasteiger partial charge in [0.2, 0.25) is 5.78 Å². The highest BCUT2D eigenvalue weighted by Gasteiger charge is 2.34. The normalized spacial score (nSPS) is 21.0. The third-order valence-electron chi connectivity index (χ3n) is 5.57. The molecule has 1 rings (SSSR count). The molecule has 0 saturated carbocycles. The fraction of sp³-hybridized carbons (Fsp3) is 0.640. The summed E-state index contributed by atoms with van der Waals surface area (Å²) < 4.78 is 5.37. The van der Waals surface area contributed by atoms with Gasteiger partial charge in [0.1, 0.15) is 0 Å². The number of ketones is 1. The number of Topliss-reactive ketones (excluding diaryl/α,β-unsaturated/α-hetero) is 1. The lowest BCUT2D eigenvalue weighted by atomic mass is 9.78. The molecule has 0 heterocycles. The molecular weight excluding hydrogens is 346 g/mol. The molecule has 28 heavy (non-hydrogen) atoms. The molecular formula is C25H41NO2. The molecule has 0 aromatic carbocycles. The standard InChI is InChI=1S/C25H41NO2/c1-8-26-23-17-22(21(6)24(27)25(23)28-7)16-15-20(5)14-10-13-19(4)12-9-11-18(2)3/h11,13,15,21-22,26H,8-10,12,14,16-17H2,1-7H3/b19-13+,20-15+/t21?,22-/m1/s1. The summed E-state index contributed by atoms with van der Waals surface area (Å²) in [4.78, 5) is 12.6. The molecule has 0 aliphatic heterocycles. The Kier molecular flexibility index (Phi) is 11.0. The largest absolute Gasteiger partial charge is 0.491 e. The Balaban J connectivity index is 2.57. The van der Waals surface area contributed by atoms with Gasteiger partial charge in [0.15, 0.2) is 5.76 Å². The minimum absolute atomic E-state index is 0.0126. The summed E-state index contributed by atoms with van der Waals surface area (Å²) in [5.74, 6) is 1.02. The average Bonchev–Trinajstić information content (AvgIpc) is 2.63. The maximum absolute atomic E-state index is 12.6. The number of hydrogen-bond donors (Lipinski definition) is 1. The summed E-state index contributed by atoms with van der Waals surface area (Å²) in [6.45, 7) is 13.7. The first-order valence-corrected chi connectivity index (χ1v) is 10.8. The summed E-state index contributed by atoms with van der Waals surface area (Å²) in [6, 6.07) is 0. The van der Waals surface area contributed by atoms with Crippen LogP contribution in [-0.2, 0) is 9.53 Å². The van der Waals surface area contributed by atoms with Crippen LogP contribution in [0.4, 0.5) is 0 Å². The number of allylic oxidation sites excluding steroid dienone is 8. The summed E-state index contributed by atoms with van der Waals surface area (Å²) in [7, 11) is 1.59. The van der Waals surface area contributed by atoms with Gasteiger partial charge in [0.05, 0.1) is 12.8 Å². The Morgan fingerprint density at radius 1 is 1.07 bits per heavy atom. The molecule has 0 spiro atoms. The zero-order chi connectivity index (χ0) is 21.1. The molecule has 1 N–H and O–H groups in total. The van der Waals surface area contributed by atoms with Gasteiger partial charge in [0.25, 0.3) is 0 Å². The van der Waals surface area contributed by atoms with E-state index in [1.54, 1.807) is 7.11 Å². The first kappa shape index (κ1) is 24.3. The van der Waals surface area contributed by atoms with Crippen LogP contribution in [0.1, 0.15) is 80.1 Å². The van der Waals surface area contributed by atoms with Crippen molar-refractivity contribution in [3.8, 4) is 0 Å². The van der Waals surface area contributed by atoms with Gasteiger partial charge in [-0.2, -0.15) is 0 Å². The minimum atomic E-state index is 0.0126. The number of methoxy groups -OCH3 is 1. The molecule has 0 aromatic heterocycles. The van der Waals surface area contributed by atoms with Gasteiger partial charge in [-0.15, -0.1) is 0 Å². The van der Waals surface area contributed by atoms with Crippen molar-refractivity contribution >= 4 is 5.78 Å². The van der Waals surface area contributed by atoms with E-state index in [9.17, 15) is 4.79 Å². The fourth-order valence-electron chi connectivity index (χ4n) is 3.67. The molecule has 1 aliphatic carbocycles. The SMILES string of the molecule is CCNC1=C(OC)C(=O)C(C)[C@H](C/C=C(\C)CC/C=C(\C)CCC=C(C)C)C1. The maximum Gasteiger partial charge on any atom is 0.202 e. The lowest BCUT2D eigenvalue weighted by molar-refractivity contribution is -0.124. The molecule has 0 aromatic rings. The van der Waals surface area contributed by atoms with E-state index in [1.807, 2.05) is 6.92 Å². The minimum Gasteiger partial charge on any atom is -0.491 e. The van der Waals surface area contributed by atoms with Gasteiger partial charge >= 0.3 is 0 Å². The Morgan fingerprint density at radius 2 is 1.68 bits per heavy atom. The number of nitrogens with one attached hydrogen (secondary N) is 1. The first-order valence-electron chi connectivity index (χ1n) is 10.8. The average molecular weight is 388 g/mol. The number of carbonyl (C=O) groups is 1. The van der Waals surface area contributed by atoms with Gasteiger partial charge in [0, 0.05) is 12.5 Å². The van der Waals surface area contributed by atoms with Crippen LogP contribution in [-0.4, -0.2) is 19.4 Å². The van der Waals surface area contributed by atoms with E-state index in [1.165, 1.54) is 16.7 Å².